The van der Waals surface area contributed by atoms with Gasteiger partial charge in [-0.25, -0.2) is 0 Å². The fourth-order valence-corrected chi connectivity index (χ4v) is 4.27. The largest absolute Gasteiger partial charge is 0.497 e. The fraction of sp³-hybridized carbons (Fsp3) is 0.0435. The Kier molecular flexibility index (Phi) is 5.34. The van der Waals surface area contributed by atoms with Crippen molar-refractivity contribution in [2.75, 3.05) is 12.4 Å². The van der Waals surface area contributed by atoms with Crippen LogP contribution in [-0.4, -0.2) is 13.0 Å². The van der Waals surface area contributed by atoms with Crippen molar-refractivity contribution in [2.45, 2.75) is 0 Å². The SMILES string of the molecule is COc1cccc(C(=O)Nc2sc3ccccc3c(=O)c2-c2ccc(Cl)cc2)c1. The van der Waals surface area contributed by atoms with Crippen LogP contribution in [0.1, 0.15) is 10.4 Å². The van der Waals surface area contributed by atoms with Gasteiger partial charge in [0, 0.05) is 20.7 Å². The lowest BCUT2D eigenvalue weighted by molar-refractivity contribution is 0.102. The van der Waals surface area contributed by atoms with Crippen LogP contribution in [0.4, 0.5) is 5.00 Å². The molecule has 1 N–H and O–H groups in total. The maximum Gasteiger partial charge on any atom is 0.256 e. The summed E-state index contributed by atoms with van der Waals surface area (Å²) in [4.78, 5) is 26.1. The van der Waals surface area contributed by atoms with Gasteiger partial charge in [0.15, 0.2) is 5.43 Å². The van der Waals surface area contributed by atoms with Gasteiger partial charge in [0.2, 0.25) is 0 Å². The molecule has 4 rings (SSSR count). The van der Waals surface area contributed by atoms with Crippen LogP contribution in [0.5, 0.6) is 5.75 Å². The molecule has 0 unspecified atom stereocenters. The summed E-state index contributed by atoms with van der Waals surface area (Å²) in [6, 6.07) is 21.2. The van der Waals surface area contributed by atoms with Gasteiger partial charge in [-0.05, 0) is 48.0 Å². The molecule has 4 aromatic rings. The summed E-state index contributed by atoms with van der Waals surface area (Å²) in [7, 11) is 1.55. The van der Waals surface area contributed by atoms with Crippen LogP contribution in [0, 0.1) is 0 Å². The summed E-state index contributed by atoms with van der Waals surface area (Å²) in [5.74, 6) is 0.271. The van der Waals surface area contributed by atoms with Crippen molar-refractivity contribution < 1.29 is 9.53 Å². The van der Waals surface area contributed by atoms with Crippen LogP contribution in [0.3, 0.4) is 0 Å². The lowest BCUT2D eigenvalue weighted by Crippen LogP contribution is -2.15. The van der Waals surface area contributed by atoms with Gasteiger partial charge in [0.1, 0.15) is 10.8 Å². The van der Waals surface area contributed by atoms with Gasteiger partial charge >= 0.3 is 0 Å². The monoisotopic (exact) mass is 421 g/mol. The van der Waals surface area contributed by atoms with Gasteiger partial charge in [-0.1, -0.05) is 41.9 Å². The molecule has 3 aromatic carbocycles. The summed E-state index contributed by atoms with van der Waals surface area (Å²) in [5, 5.41) is 4.59. The van der Waals surface area contributed by atoms with Gasteiger partial charge in [-0.2, -0.15) is 0 Å². The Morgan fingerprint density at radius 2 is 1.76 bits per heavy atom. The van der Waals surface area contributed by atoms with Crippen molar-refractivity contribution in [1.29, 1.82) is 0 Å². The molecule has 0 saturated carbocycles. The van der Waals surface area contributed by atoms with Gasteiger partial charge in [-0.3, -0.25) is 9.59 Å². The summed E-state index contributed by atoms with van der Waals surface area (Å²) >= 11 is 7.37. The molecule has 0 fully saturated rings. The second-order valence-corrected chi connectivity index (χ2v) is 7.81. The van der Waals surface area contributed by atoms with E-state index in [4.69, 9.17) is 16.3 Å². The van der Waals surface area contributed by atoms with Crippen LogP contribution in [0.15, 0.2) is 77.6 Å². The molecular weight excluding hydrogens is 406 g/mol. The van der Waals surface area contributed by atoms with E-state index in [9.17, 15) is 9.59 Å². The Morgan fingerprint density at radius 1 is 1.00 bits per heavy atom. The lowest BCUT2D eigenvalue weighted by atomic mass is 10.1. The van der Waals surface area contributed by atoms with Crippen molar-refractivity contribution in [3.63, 3.8) is 0 Å². The van der Waals surface area contributed by atoms with Crippen molar-refractivity contribution in [2.24, 2.45) is 0 Å². The van der Waals surface area contributed by atoms with Crippen LogP contribution >= 0.6 is 22.9 Å². The molecule has 0 radical (unpaired) electrons. The minimum atomic E-state index is -0.315. The van der Waals surface area contributed by atoms with E-state index in [1.807, 2.05) is 18.2 Å². The molecule has 144 valence electrons. The number of fused-ring (bicyclic) bond motifs is 1. The van der Waals surface area contributed by atoms with E-state index in [1.54, 1.807) is 61.7 Å². The highest BCUT2D eigenvalue weighted by Gasteiger charge is 2.17. The molecule has 1 amide bonds. The number of hydrogen-bond donors (Lipinski definition) is 1. The average molecular weight is 422 g/mol. The van der Waals surface area contributed by atoms with E-state index >= 15 is 0 Å². The van der Waals surface area contributed by atoms with Crippen molar-refractivity contribution in [1.82, 2.24) is 0 Å². The second-order valence-electron chi connectivity index (χ2n) is 6.32. The van der Waals surface area contributed by atoms with Gasteiger partial charge in [-0.15, -0.1) is 11.3 Å². The molecule has 0 aliphatic heterocycles. The van der Waals surface area contributed by atoms with Crippen LogP contribution < -0.4 is 15.5 Å². The first-order chi connectivity index (χ1) is 14.1. The van der Waals surface area contributed by atoms with E-state index in [1.165, 1.54) is 11.3 Å². The minimum Gasteiger partial charge on any atom is -0.497 e. The van der Waals surface area contributed by atoms with Gasteiger partial charge in [0.05, 0.1) is 12.7 Å². The zero-order valence-electron chi connectivity index (χ0n) is 15.4. The molecule has 0 bridgehead atoms. The number of amides is 1. The Bertz CT molecular complexity index is 1270. The molecule has 29 heavy (non-hydrogen) atoms. The molecule has 4 nitrogen and oxygen atoms in total. The van der Waals surface area contributed by atoms with Crippen LogP contribution in [0.2, 0.25) is 5.02 Å². The average Bonchev–Trinajstić information content (AvgIpc) is 2.75. The topological polar surface area (TPSA) is 55.4 Å². The standard InChI is InChI=1S/C23H16ClNO3S/c1-28-17-6-4-5-15(13-17)22(27)25-23-20(14-9-11-16(24)12-10-14)21(26)18-7-2-3-8-19(18)29-23/h2-13H,1H3,(H,25,27). The van der Waals surface area contributed by atoms with Gasteiger partial charge < -0.3 is 10.1 Å². The summed E-state index contributed by atoms with van der Waals surface area (Å²) in [6.45, 7) is 0. The number of hydrogen-bond acceptors (Lipinski definition) is 4. The van der Waals surface area contributed by atoms with E-state index < -0.39 is 0 Å². The predicted octanol–water partition coefficient (Wildman–Crippen LogP) is 5.84. The van der Waals surface area contributed by atoms with Crippen molar-refractivity contribution in [3.05, 3.63) is 93.6 Å². The third-order valence-corrected chi connectivity index (χ3v) is 5.83. The molecule has 1 heterocycles. The smallest absolute Gasteiger partial charge is 0.256 e. The number of carbonyl (C=O) groups is 1. The van der Waals surface area contributed by atoms with Crippen LogP contribution in [0.25, 0.3) is 21.2 Å². The Hall–Kier alpha value is -3.15. The Balaban J connectivity index is 1.86. The number of halogens is 1. The third kappa shape index (κ3) is 3.88. The maximum absolute atomic E-state index is 13.3. The Morgan fingerprint density at radius 3 is 2.52 bits per heavy atom. The van der Waals surface area contributed by atoms with E-state index in [0.717, 1.165) is 4.70 Å². The number of methoxy groups -OCH3 is 1. The molecule has 0 atom stereocenters. The molecule has 0 saturated heterocycles. The van der Waals surface area contributed by atoms with Crippen molar-refractivity contribution >= 4 is 43.9 Å². The minimum absolute atomic E-state index is 0.136. The molecule has 0 aliphatic rings. The Labute approximate surface area is 176 Å². The first kappa shape index (κ1) is 19.2. The van der Waals surface area contributed by atoms with Crippen LogP contribution in [-0.2, 0) is 0 Å². The van der Waals surface area contributed by atoms with E-state index in [0.29, 0.717) is 37.8 Å². The number of nitrogens with one attached hydrogen (secondary N) is 1. The highest BCUT2D eigenvalue weighted by molar-refractivity contribution is 7.22. The maximum atomic E-state index is 13.3. The predicted molar refractivity (Wildman–Crippen MR) is 119 cm³/mol. The van der Waals surface area contributed by atoms with E-state index in [-0.39, 0.29) is 11.3 Å². The molecule has 6 heteroatoms. The normalized spacial score (nSPS) is 10.7. The van der Waals surface area contributed by atoms with Gasteiger partial charge in [0.25, 0.3) is 5.91 Å². The van der Waals surface area contributed by atoms with E-state index in [2.05, 4.69) is 5.32 Å². The summed E-state index contributed by atoms with van der Waals surface area (Å²) < 4.78 is 6.00. The van der Waals surface area contributed by atoms with Crippen molar-refractivity contribution in [3.8, 4) is 16.9 Å². The second kappa shape index (κ2) is 8.07. The molecular formula is C23H16ClNO3S. The number of benzene rings is 3. The molecule has 1 aromatic heterocycles. The number of ether oxygens (including phenoxy) is 1. The zero-order chi connectivity index (χ0) is 20.4. The number of anilines is 1. The summed E-state index contributed by atoms with van der Waals surface area (Å²) in [5.41, 5.74) is 1.45. The quantitative estimate of drug-likeness (QED) is 0.450. The molecule has 0 aliphatic carbocycles. The summed E-state index contributed by atoms with van der Waals surface area (Å²) in [6.07, 6.45) is 0. The molecule has 0 spiro atoms. The lowest BCUT2D eigenvalue weighted by Gasteiger charge is -2.12. The first-order valence-corrected chi connectivity index (χ1v) is 10.0. The number of carbonyl (C=O) groups excluding carboxylic acids is 1. The first-order valence-electron chi connectivity index (χ1n) is 8.84. The third-order valence-electron chi connectivity index (χ3n) is 4.49. The highest BCUT2D eigenvalue weighted by Crippen LogP contribution is 2.34. The zero-order valence-corrected chi connectivity index (χ0v) is 17.0. The number of rotatable bonds is 4. The highest BCUT2D eigenvalue weighted by atomic mass is 35.5. The fourth-order valence-electron chi connectivity index (χ4n) is 3.05.